The first-order valence-electron chi connectivity index (χ1n) is 13.5. The van der Waals surface area contributed by atoms with Crippen LogP contribution in [0.1, 0.15) is 54.1 Å². The van der Waals surface area contributed by atoms with Crippen LogP contribution in [0.5, 0.6) is 11.5 Å². The Morgan fingerprint density at radius 3 is 2.45 bits per heavy atom. The molecular formula is C30H30N2O8. The van der Waals surface area contributed by atoms with Gasteiger partial charge >= 0.3 is 18.2 Å². The van der Waals surface area contributed by atoms with Crippen LogP contribution in [-0.4, -0.2) is 66.4 Å². The van der Waals surface area contributed by atoms with E-state index in [1.165, 1.54) is 32.1 Å². The number of aromatic nitrogens is 1. The van der Waals surface area contributed by atoms with E-state index in [1.807, 2.05) is 18.2 Å². The second kappa shape index (κ2) is 11.1. The summed E-state index contributed by atoms with van der Waals surface area (Å²) < 4.78 is 26.8. The fraction of sp³-hybridized carbons (Fsp3) is 0.400. The predicted molar refractivity (Wildman–Crippen MR) is 142 cm³/mol. The number of para-hydroxylation sites is 1. The van der Waals surface area contributed by atoms with Crippen molar-refractivity contribution in [3.8, 4) is 11.5 Å². The summed E-state index contributed by atoms with van der Waals surface area (Å²) in [4.78, 5) is 38.7. The third-order valence-electron chi connectivity index (χ3n) is 7.96. The van der Waals surface area contributed by atoms with Gasteiger partial charge in [-0.25, -0.2) is 9.59 Å². The maximum Gasteiger partial charge on any atom is 0.334 e. The third kappa shape index (κ3) is 5.19. The summed E-state index contributed by atoms with van der Waals surface area (Å²) in [5, 5.41) is 5.56. The van der Waals surface area contributed by atoms with Gasteiger partial charge in [0.25, 0.3) is 0 Å². The molecule has 2 unspecified atom stereocenters. The van der Waals surface area contributed by atoms with E-state index >= 15 is 0 Å². The summed E-state index contributed by atoms with van der Waals surface area (Å²) in [5.74, 6) is -1.07. The largest absolute Gasteiger partial charge is 0.493 e. The van der Waals surface area contributed by atoms with Gasteiger partial charge in [-0.1, -0.05) is 17.3 Å². The molecule has 10 heteroatoms. The highest BCUT2D eigenvalue weighted by Gasteiger charge is 2.42. The second-order valence-corrected chi connectivity index (χ2v) is 10.3. The number of carbonyl (C=O) groups is 3. The highest BCUT2D eigenvalue weighted by Crippen LogP contribution is 2.44. The first kappa shape index (κ1) is 26.1. The van der Waals surface area contributed by atoms with Crippen LogP contribution in [0, 0.1) is 0 Å². The average molecular weight is 547 g/mol. The number of cyclic esters (lactones) is 2. The van der Waals surface area contributed by atoms with E-state index in [0.29, 0.717) is 36.1 Å². The lowest BCUT2D eigenvalue weighted by molar-refractivity contribution is -0.169. The molecule has 4 heterocycles. The van der Waals surface area contributed by atoms with Gasteiger partial charge in [0.2, 0.25) is 5.78 Å². The molecule has 2 bridgehead atoms. The molecule has 0 amide bonds. The number of esters is 2. The molecule has 10 nitrogen and oxygen atoms in total. The number of fused-ring (bicyclic) bond motifs is 3. The standard InChI is InChI=1S/C30H30N2O8/c1-36-25-17-18(29(35)30-38-26(33)11-12-27(34)39-30)7-10-24(25)37-14-4-13-32-20-8-9-21(32)16-19(15-20)28-22-5-2-3-6-23(22)40-31-28/h2-3,5-7,10-12,17,19-21,30H,4,8-9,13-16H2,1H3. The van der Waals surface area contributed by atoms with Crippen molar-refractivity contribution in [1.82, 2.24) is 10.1 Å². The number of Topliss-reactive ketones (excluding diaryl/α,β-unsaturated/α-hetero) is 1. The summed E-state index contributed by atoms with van der Waals surface area (Å²) in [6.07, 6.45) is 5.58. The lowest BCUT2D eigenvalue weighted by Crippen LogP contribution is -2.43. The summed E-state index contributed by atoms with van der Waals surface area (Å²) in [5.41, 5.74) is 2.11. The third-order valence-corrected chi connectivity index (χ3v) is 7.96. The molecule has 2 fully saturated rings. The quantitative estimate of drug-likeness (QED) is 0.220. The summed E-state index contributed by atoms with van der Waals surface area (Å²) in [6, 6.07) is 13.8. The monoisotopic (exact) mass is 546 g/mol. The van der Waals surface area contributed by atoms with Gasteiger partial charge in [-0.2, -0.15) is 0 Å². The number of piperidine rings is 1. The molecule has 0 radical (unpaired) electrons. The molecule has 0 N–H and O–H groups in total. The summed E-state index contributed by atoms with van der Waals surface area (Å²) in [6.45, 7) is 1.42. The molecule has 0 spiro atoms. The van der Waals surface area contributed by atoms with Crippen molar-refractivity contribution in [2.45, 2.75) is 56.4 Å². The Labute approximate surface area is 230 Å². The van der Waals surface area contributed by atoms with Crippen LogP contribution in [0.25, 0.3) is 11.0 Å². The number of hydrogen-bond donors (Lipinski definition) is 0. The Morgan fingerprint density at radius 1 is 1.00 bits per heavy atom. The van der Waals surface area contributed by atoms with Crippen molar-refractivity contribution in [3.63, 3.8) is 0 Å². The fourth-order valence-corrected chi connectivity index (χ4v) is 6.12. The fourth-order valence-electron chi connectivity index (χ4n) is 6.12. The lowest BCUT2D eigenvalue weighted by atomic mass is 9.87. The van der Waals surface area contributed by atoms with Gasteiger partial charge in [-0.15, -0.1) is 0 Å². The Morgan fingerprint density at radius 2 is 1.73 bits per heavy atom. The maximum atomic E-state index is 12.8. The molecule has 3 aliphatic rings. The summed E-state index contributed by atoms with van der Waals surface area (Å²) in [7, 11) is 1.48. The van der Waals surface area contributed by atoms with E-state index in [9.17, 15) is 14.4 Å². The SMILES string of the molecule is COc1cc(C(=O)C2OC(=O)C=CC(=O)O2)ccc1OCCCN1C2CCC1CC(c1noc3ccccc13)C2. The van der Waals surface area contributed by atoms with Gasteiger partial charge in [0.1, 0.15) is 0 Å². The first-order chi connectivity index (χ1) is 19.5. The van der Waals surface area contributed by atoms with Crippen molar-refractivity contribution in [3.05, 3.63) is 65.9 Å². The highest BCUT2D eigenvalue weighted by atomic mass is 16.7. The minimum absolute atomic E-state index is 0.163. The maximum absolute atomic E-state index is 12.8. The predicted octanol–water partition coefficient (Wildman–Crippen LogP) is 4.18. The van der Waals surface area contributed by atoms with Crippen LogP contribution in [0.4, 0.5) is 0 Å². The number of rotatable bonds is 9. The van der Waals surface area contributed by atoms with Gasteiger partial charge in [0.05, 0.1) is 19.4 Å². The Balaban J connectivity index is 1.03. The van der Waals surface area contributed by atoms with E-state index in [-0.39, 0.29) is 5.56 Å². The molecule has 2 saturated heterocycles. The number of hydrogen-bond acceptors (Lipinski definition) is 10. The zero-order chi connectivity index (χ0) is 27.6. The zero-order valence-corrected chi connectivity index (χ0v) is 22.1. The average Bonchev–Trinajstić information content (AvgIpc) is 3.43. The van der Waals surface area contributed by atoms with Gasteiger partial charge in [0, 0.05) is 47.6 Å². The van der Waals surface area contributed by atoms with Crippen molar-refractivity contribution in [2.24, 2.45) is 0 Å². The van der Waals surface area contributed by atoms with E-state index in [0.717, 1.165) is 54.6 Å². The van der Waals surface area contributed by atoms with E-state index in [2.05, 4.69) is 16.1 Å². The smallest absolute Gasteiger partial charge is 0.334 e. The normalized spacial score (nSPS) is 23.1. The van der Waals surface area contributed by atoms with Crippen LogP contribution in [0.15, 0.2) is 59.1 Å². The van der Waals surface area contributed by atoms with Crippen LogP contribution in [0.2, 0.25) is 0 Å². The van der Waals surface area contributed by atoms with Gasteiger partial charge in [0.15, 0.2) is 17.1 Å². The van der Waals surface area contributed by atoms with E-state index < -0.39 is 24.0 Å². The minimum atomic E-state index is -1.66. The number of benzene rings is 2. The van der Waals surface area contributed by atoms with Gasteiger partial charge < -0.3 is 23.5 Å². The van der Waals surface area contributed by atoms with Crippen LogP contribution >= 0.6 is 0 Å². The topological polar surface area (TPSA) is 117 Å². The first-order valence-corrected chi connectivity index (χ1v) is 13.5. The Kier molecular flexibility index (Phi) is 7.25. The van der Waals surface area contributed by atoms with Gasteiger partial charge in [-0.3, -0.25) is 9.69 Å². The summed E-state index contributed by atoms with van der Waals surface area (Å²) >= 11 is 0. The molecule has 3 aromatic rings. The highest BCUT2D eigenvalue weighted by molar-refractivity contribution is 6.03. The van der Waals surface area contributed by atoms with Crippen molar-refractivity contribution in [1.29, 1.82) is 0 Å². The van der Waals surface area contributed by atoms with E-state index in [4.69, 9.17) is 23.5 Å². The van der Waals surface area contributed by atoms with Crippen molar-refractivity contribution >= 4 is 28.7 Å². The van der Waals surface area contributed by atoms with Crippen molar-refractivity contribution in [2.75, 3.05) is 20.3 Å². The molecule has 2 aromatic carbocycles. The van der Waals surface area contributed by atoms with Crippen molar-refractivity contribution < 1.29 is 37.9 Å². The van der Waals surface area contributed by atoms with Crippen LogP contribution in [0.3, 0.4) is 0 Å². The van der Waals surface area contributed by atoms with E-state index in [1.54, 1.807) is 6.07 Å². The molecule has 2 atom stereocenters. The Bertz CT molecular complexity index is 1430. The molecular weight excluding hydrogens is 516 g/mol. The van der Waals surface area contributed by atoms with Gasteiger partial charge in [-0.05, 0) is 62.4 Å². The number of carbonyl (C=O) groups excluding carboxylic acids is 3. The number of nitrogens with zero attached hydrogens (tertiary/aromatic N) is 2. The molecule has 40 heavy (non-hydrogen) atoms. The minimum Gasteiger partial charge on any atom is -0.493 e. The molecule has 0 aliphatic carbocycles. The molecule has 208 valence electrons. The lowest BCUT2D eigenvalue weighted by Gasteiger charge is -2.38. The second-order valence-electron chi connectivity index (χ2n) is 10.3. The Hall–Kier alpha value is -4.18. The van der Waals surface area contributed by atoms with Crippen LogP contribution in [-0.2, 0) is 19.1 Å². The van der Waals surface area contributed by atoms with Crippen LogP contribution < -0.4 is 9.47 Å². The number of ketones is 1. The molecule has 6 rings (SSSR count). The number of ether oxygens (including phenoxy) is 4. The zero-order valence-electron chi connectivity index (χ0n) is 22.1. The number of methoxy groups -OCH3 is 1. The molecule has 0 saturated carbocycles. The molecule has 1 aromatic heterocycles. The molecule has 3 aliphatic heterocycles.